The lowest BCUT2D eigenvalue weighted by Crippen LogP contribution is -2.54. The molecule has 4 amide bonds. The first kappa shape index (κ1) is 23.8. The Bertz CT molecular complexity index is 1010. The molecule has 1 aromatic carbocycles. The number of methoxy groups -OCH3 is 2. The molecule has 1 N–H and O–H groups in total. The fourth-order valence-corrected chi connectivity index (χ4v) is 5.14. The second-order valence-electron chi connectivity index (χ2n) is 9.14. The Hall–Kier alpha value is -3.30. The average molecular weight is 474 g/mol. The summed E-state index contributed by atoms with van der Waals surface area (Å²) >= 11 is 0. The van der Waals surface area contributed by atoms with Gasteiger partial charge >= 0.3 is 12.0 Å². The predicted octanol–water partition coefficient (Wildman–Crippen LogP) is 1.63. The number of carbonyl (C=O) groups excluding carboxylic acids is 4. The molecule has 0 radical (unpaired) electrons. The first-order valence-corrected chi connectivity index (χ1v) is 11.6. The van der Waals surface area contributed by atoms with Crippen LogP contribution in [0.1, 0.15) is 43.7 Å². The van der Waals surface area contributed by atoms with Crippen LogP contribution in [0.5, 0.6) is 11.5 Å². The van der Waals surface area contributed by atoms with Gasteiger partial charge in [0.1, 0.15) is 12.1 Å². The summed E-state index contributed by atoms with van der Waals surface area (Å²) < 4.78 is 15.8. The van der Waals surface area contributed by atoms with E-state index in [1.54, 1.807) is 19.1 Å². The van der Waals surface area contributed by atoms with Crippen LogP contribution in [-0.4, -0.2) is 73.1 Å². The Morgan fingerprint density at radius 2 is 1.82 bits per heavy atom. The van der Waals surface area contributed by atoms with Crippen LogP contribution >= 0.6 is 0 Å². The number of fused-ring (bicyclic) bond motifs is 1. The fraction of sp³-hybridized carbons (Fsp3) is 0.583. The molecule has 10 nitrogen and oxygen atoms in total. The summed E-state index contributed by atoms with van der Waals surface area (Å²) in [4.78, 5) is 53.0. The standard InChI is InChI=1S/C24H31N3O7/c1-15-6-4-5-8-24(15)22(30)27(23(31)25-24)13-21(29)34-14-20(28)26-9-7-16-10-18(32-2)19(33-3)11-17(16)12-26/h10-11,15H,4-9,12-14H2,1-3H3,(H,25,31)/t15-,24-/m0/s1. The van der Waals surface area contributed by atoms with Gasteiger partial charge in [0.05, 0.1) is 14.2 Å². The van der Waals surface area contributed by atoms with Gasteiger partial charge in [0.2, 0.25) is 0 Å². The van der Waals surface area contributed by atoms with Crippen LogP contribution in [0, 0.1) is 5.92 Å². The molecule has 3 aliphatic rings. The van der Waals surface area contributed by atoms with Crippen molar-refractivity contribution in [2.24, 2.45) is 5.92 Å². The predicted molar refractivity (Wildman–Crippen MR) is 120 cm³/mol. The van der Waals surface area contributed by atoms with E-state index in [9.17, 15) is 19.2 Å². The maximum Gasteiger partial charge on any atom is 0.326 e. The van der Waals surface area contributed by atoms with Crippen molar-refractivity contribution in [2.45, 2.75) is 51.1 Å². The monoisotopic (exact) mass is 473 g/mol. The number of benzene rings is 1. The zero-order valence-corrected chi connectivity index (χ0v) is 19.8. The van der Waals surface area contributed by atoms with E-state index in [0.29, 0.717) is 37.4 Å². The Morgan fingerprint density at radius 1 is 1.12 bits per heavy atom. The third-order valence-electron chi connectivity index (χ3n) is 7.22. The van der Waals surface area contributed by atoms with Crippen LogP contribution in [0.2, 0.25) is 0 Å². The van der Waals surface area contributed by atoms with Crippen LogP contribution in [0.25, 0.3) is 0 Å². The van der Waals surface area contributed by atoms with Crippen LogP contribution in [0.3, 0.4) is 0 Å². The lowest BCUT2D eigenvalue weighted by Gasteiger charge is -2.36. The maximum atomic E-state index is 13.0. The van der Waals surface area contributed by atoms with E-state index >= 15 is 0 Å². The summed E-state index contributed by atoms with van der Waals surface area (Å²) in [6.45, 7) is 1.82. The number of hydrogen-bond donors (Lipinski definition) is 1. The average Bonchev–Trinajstić information content (AvgIpc) is 3.07. The van der Waals surface area contributed by atoms with Crippen LogP contribution in [0.4, 0.5) is 4.79 Å². The number of rotatable bonds is 6. The molecule has 184 valence electrons. The van der Waals surface area contributed by atoms with Gasteiger partial charge in [-0.15, -0.1) is 0 Å². The van der Waals surface area contributed by atoms with Gasteiger partial charge in [0.25, 0.3) is 11.8 Å². The lowest BCUT2D eigenvalue weighted by molar-refractivity contribution is -0.154. The van der Waals surface area contributed by atoms with Crippen molar-refractivity contribution in [3.63, 3.8) is 0 Å². The number of imide groups is 1. The van der Waals surface area contributed by atoms with Crippen LogP contribution in [-0.2, 0) is 32.1 Å². The number of amides is 4. The Kier molecular flexibility index (Phi) is 6.67. The van der Waals surface area contributed by atoms with Gasteiger partial charge in [-0.05, 0) is 48.4 Å². The number of carbonyl (C=O) groups is 4. The molecule has 1 aromatic rings. The number of ether oxygens (including phenoxy) is 3. The molecule has 1 saturated heterocycles. The highest BCUT2D eigenvalue weighted by molar-refractivity contribution is 6.09. The molecular weight excluding hydrogens is 442 g/mol. The highest BCUT2D eigenvalue weighted by Gasteiger charge is 2.55. The van der Waals surface area contributed by atoms with Crippen molar-refractivity contribution in [3.8, 4) is 11.5 Å². The summed E-state index contributed by atoms with van der Waals surface area (Å²) in [5.74, 6) is -0.296. The minimum absolute atomic E-state index is 0.000805. The molecule has 0 aromatic heterocycles. The number of nitrogens with one attached hydrogen (secondary N) is 1. The smallest absolute Gasteiger partial charge is 0.326 e. The fourth-order valence-electron chi connectivity index (χ4n) is 5.14. The minimum Gasteiger partial charge on any atom is -0.493 e. The summed E-state index contributed by atoms with van der Waals surface area (Å²) in [6.07, 6.45) is 3.91. The van der Waals surface area contributed by atoms with E-state index in [-0.39, 0.29) is 17.7 Å². The van der Waals surface area contributed by atoms with Gasteiger partial charge in [0.15, 0.2) is 18.1 Å². The van der Waals surface area contributed by atoms with E-state index < -0.39 is 30.7 Å². The van der Waals surface area contributed by atoms with E-state index in [1.807, 2.05) is 19.1 Å². The molecule has 1 aliphatic carbocycles. The van der Waals surface area contributed by atoms with Gasteiger partial charge in [-0.3, -0.25) is 19.3 Å². The van der Waals surface area contributed by atoms with E-state index in [2.05, 4.69) is 5.32 Å². The van der Waals surface area contributed by atoms with E-state index in [4.69, 9.17) is 14.2 Å². The first-order valence-electron chi connectivity index (χ1n) is 11.6. The van der Waals surface area contributed by atoms with Crippen molar-refractivity contribution in [3.05, 3.63) is 23.3 Å². The largest absolute Gasteiger partial charge is 0.493 e. The third kappa shape index (κ3) is 4.28. The second-order valence-corrected chi connectivity index (χ2v) is 9.14. The highest BCUT2D eigenvalue weighted by atomic mass is 16.5. The molecule has 2 fully saturated rings. The summed E-state index contributed by atoms with van der Waals surface area (Å²) in [7, 11) is 3.13. The quantitative estimate of drug-likeness (QED) is 0.493. The number of nitrogens with zero attached hydrogens (tertiary/aromatic N) is 2. The zero-order chi connectivity index (χ0) is 24.5. The topological polar surface area (TPSA) is 114 Å². The van der Waals surface area contributed by atoms with E-state index in [0.717, 1.165) is 35.3 Å². The van der Waals surface area contributed by atoms with Crippen LogP contribution < -0.4 is 14.8 Å². The Balaban J connectivity index is 1.32. The first-order chi connectivity index (χ1) is 16.3. The van der Waals surface area contributed by atoms with Crippen molar-refractivity contribution in [2.75, 3.05) is 33.9 Å². The normalized spacial score (nSPS) is 24.0. The van der Waals surface area contributed by atoms with Crippen molar-refractivity contribution >= 4 is 23.8 Å². The molecule has 1 saturated carbocycles. The second kappa shape index (κ2) is 9.52. The molecule has 2 heterocycles. The van der Waals surface area contributed by atoms with Crippen molar-refractivity contribution < 1.29 is 33.4 Å². The zero-order valence-electron chi connectivity index (χ0n) is 19.8. The molecule has 10 heteroatoms. The van der Waals surface area contributed by atoms with Gasteiger partial charge in [-0.2, -0.15) is 0 Å². The molecule has 1 spiro atoms. The molecule has 2 atom stereocenters. The molecule has 34 heavy (non-hydrogen) atoms. The summed E-state index contributed by atoms with van der Waals surface area (Å²) in [5.41, 5.74) is 1.08. The van der Waals surface area contributed by atoms with Crippen molar-refractivity contribution in [1.29, 1.82) is 0 Å². The molecule has 0 unspecified atom stereocenters. The van der Waals surface area contributed by atoms with E-state index in [1.165, 1.54) is 0 Å². The molecule has 0 bridgehead atoms. The summed E-state index contributed by atoms with van der Waals surface area (Å²) in [5, 5.41) is 2.80. The number of hydrogen-bond acceptors (Lipinski definition) is 7. The minimum atomic E-state index is -0.934. The van der Waals surface area contributed by atoms with Gasteiger partial charge < -0.3 is 24.4 Å². The summed E-state index contributed by atoms with van der Waals surface area (Å²) in [6, 6.07) is 3.17. The molecule has 2 aliphatic heterocycles. The Morgan fingerprint density at radius 3 is 2.50 bits per heavy atom. The third-order valence-corrected chi connectivity index (χ3v) is 7.22. The maximum absolute atomic E-state index is 13.0. The van der Waals surface area contributed by atoms with Gasteiger partial charge in [0, 0.05) is 13.1 Å². The molecular formula is C24H31N3O7. The molecule has 4 rings (SSSR count). The number of urea groups is 1. The van der Waals surface area contributed by atoms with Gasteiger partial charge in [-0.25, -0.2) is 4.79 Å². The van der Waals surface area contributed by atoms with Gasteiger partial charge in [-0.1, -0.05) is 19.8 Å². The van der Waals surface area contributed by atoms with Crippen LogP contribution in [0.15, 0.2) is 12.1 Å². The van der Waals surface area contributed by atoms with Crippen molar-refractivity contribution in [1.82, 2.24) is 15.1 Å². The Labute approximate surface area is 198 Å². The number of esters is 1. The highest BCUT2D eigenvalue weighted by Crippen LogP contribution is 2.38. The lowest BCUT2D eigenvalue weighted by atomic mass is 9.73. The SMILES string of the molecule is COc1cc2c(cc1OC)CN(C(=O)COC(=O)CN1C(=O)N[C@]3(CCCC[C@@H]3C)C1=O)CC2.